The highest BCUT2D eigenvalue weighted by Gasteiger charge is 2.22. The van der Waals surface area contributed by atoms with E-state index in [-0.39, 0.29) is 18.0 Å². The molecule has 2 atom stereocenters. The number of rotatable bonds is 8. The lowest BCUT2D eigenvalue weighted by atomic mass is 10.0. The van der Waals surface area contributed by atoms with Crippen molar-refractivity contribution in [3.63, 3.8) is 0 Å². The normalized spacial score (nSPS) is 13.0. The molecule has 3 nitrogen and oxygen atoms in total. The van der Waals surface area contributed by atoms with Crippen LogP contribution in [0.4, 0.5) is 0 Å². The van der Waals surface area contributed by atoms with Gasteiger partial charge in [0.25, 0.3) is 5.91 Å². The number of nitrogens with two attached hydrogens (primary N) is 1. The van der Waals surface area contributed by atoms with Crippen molar-refractivity contribution in [3.8, 4) is 0 Å². The van der Waals surface area contributed by atoms with Gasteiger partial charge in [-0.1, -0.05) is 72.8 Å². The van der Waals surface area contributed by atoms with Crippen LogP contribution in [0.5, 0.6) is 0 Å². The molecule has 0 radical (unpaired) electrons. The number of hydrogen-bond donors (Lipinski definition) is 2. The van der Waals surface area contributed by atoms with Crippen molar-refractivity contribution in [1.29, 1.82) is 0 Å². The summed E-state index contributed by atoms with van der Waals surface area (Å²) in [5.74, 6) is 0.0322. The fourth-order valence-electron chi connectivity index (χ4n) is 3.41. The van der Waals surface area contributed by atoms with Crippen LogP contribution >= 0.6 is 22.7 Å². The molecule has 0 fully saturated rings. The molecule has 2 aromatic carbocycles. The summed E-state index contributed by atoms with van der Waals surface area (Å²) in [5, 5.41) is 9.48. The number of carbonyl (C=O) groups is 1. The molecule has 5 heteroatoms. The van der Waals surface area contributed by atoms with E-state index in [1.165, 1.54) is 10.4 Å². The molecule has 0 saturated carbocycles. The summed E-state index contributed by atoms with van der Waals surface area (Å²) in [6.45, 7) is 0.367. The van der Waals surface area contributed by atoms with Gasteiger partial charge in [0, 0.05) is 10.4 Å². The molecule has 2 aromatic heterocycles. The van der Waals surface area contributed by atoms with E-state index in [0.29, 0.717) is 6.54 Å². The Kier molecular flexibility index (Phi) is 6.52. The summed E-state index contributed by atoms with van der Waals surface area (Å²) < 4.78 is 0. The summed E-state index contributed by atoms with van der Waals surface area (Å²) >= 11 is 3.39. The van der Waals surface area contributed by atoms with Crippen LogP contribution in [0.25, 0.3) is 0 Å². The van der Waals surface area contributed by atoms with Gasteiger partial charge in [0.2, 0.25) is 0 Å². The van der Waals surface area contributed by atoms with Crippen LogP contribution in [0.3, 0.4) is 0 Å². The molecule has 0 aliphatic carbocycles. The van der Waals surface area contributed by atoms with E-state index in [2.05, 4.69) is 58.5 Å². The summed E-state index contributed by atoms with van der Waals surface area (Å²) in [6.07, 6.45) is 0. The highest BCUT2D eigenvalue weighted by atomic mass is 32.1. The van der Waals surface area contributed by atoms with Gasteiger partial charge >= 0.3 is 0 Å². The van der Waals surface area contributed by atoms with Crippen LogP contribution in [-0.4, -0.2) is 12.5 Å². The molecule has 0 saturated heterocycles. The molecule has 1 amide bonds. The summed E-state index contributed by atoms with van der Waals surface area (Å²) in [6, 6.07) is 28.8. The van der Waals surface area contributed by atoms with Gasteiger partial charge in [0.1, 0.15) is 6.04 Å². The first-order chi connectivity index (χ1) is 14.3. The first-order valence-corrected chi connectivity index (χ1v) is 11.4. The van der Waals surface area contributed by atoms with Gasteiger partial charge < -0.3 is 10.6 Å². The summed E-state index contributed by atoms with van der Waals surface area (Å²) in [4.78, 5) is 15.3. The molecule has 2 heterocycles. The highest BCUT2D eigenvalue weighted by molar-refractivity contribution is 7.10. The highest BCUT2D eigenvalue weighted by Crippen LogP contribution is 2.26. The molecule has 0 bridgehead atoms. The Morgan fingerprint density at radius 2 is 1.34 bits per heavy atom. The number of carbonyl (C=O) groups excluding carboxylic acids is 1. The lowest BCUT2D eigenvalue weighted by Gasteiger charge is -2.19. The largest absolute Gasteiger partial charge is 0.339 e. The van der Waals surface area contributed by atoms with Crippen molar-refractivity contribution in [3.05, 3.63) is 117 Å². The van der Waals surface area contributed by atoms with Crippen LogP contribution in [0.15, 0.2) is 95.7 Å². The molecule has 0 aliphatic rings. The fourth-order valence-corrected chi connectivity index (χ4v) is 5.06. The number of quaternary nitrogens is 1. The van der Waals surface area contributed by atoms with Crippen molar-refractivity contribution < 1.29 is 10.1 Å². The third-order valence-electron chi connectivity index (χ3n) is 4.81. The lowest BCUT2D eigenvalue weighted by molar-refractivity contribution is -0.676. The zero-order chi connectivity index (χ0) is 19.9. The minimum absolute atomic E-state index is 0.0322. The van der Waals surface area contributed by atoms with E-state index in [0.717, 1.165) is 10.4 Å². The molecule has 29 heavy (non-hydrogen) atoms. The molecule has 146 valence electrons. The molecular formula is C24H23N2OS2+. The third kappa shape index (κ3) is 5.01. The number of hydrogen-bond acceptors (Lipinski definition) is 3. The molecule has 3 N–H and O–H groups in total. The monoisotopic (exact) mass is 419 g/mol. The lowest BCUT2D eigenvalue weighted by Crippen LogP contribution is -2.87. The maximum atomic E-state index is 12.9. The van der Waals surface area contributed by atoms with Crippen LogP contribution < -0.4 is 10.6 Å². The van der Waals surface area contributed by atoms with Crippen molar-refractivity contribution in [2.45, 2.75) is 12.1 Å². The maximum absolute atomic E-state index is 12.9. The summed E-state index contributed by atoms with van der Waals surface area (Å²) in [5.41, 5.74) is 2.31. The standard InChI is InChI=1S/C24H22N2OS2/c27-22(26-24(21-14-8-16-29-21)19-11-5-2-6-12-19)17-25-23(20-13-7-15-28-20)18-9-3-1-4-10-18/h1-16,23-25H,17H2,(H,26,27)/p+1/t23-,24-/m1/s1. The van der Waals surface area contributed by atoms with Gasteiger partial charge in [-0.25, -0.2) is 0 Å². The zero-order valence-electron chi connectivity index (χ0n) is 15.9. The van der Waals surface area contributed by atoms with Crippen LogP contribution in [0.1, 0.15) is 33.0 Å². The van der Waals surface area contributed by atoms with Crippen molar-refractivity contribution in [1.82, 2.24) is 5.32 Å². The average Bonchev–Trinajstić information content (AvgIpc) is 3.48. The van der Waals surface area contributed by atoms with E-state index in [9.17, 15) is 4.79 Å². The smallest absolute Gasteiger partial charge is 0.275 e. The minimum Gasteiger partial charge on any atom is -0.339 e. The molecule has 0 spiro atoms. The first kappa shape index (κ1) is 19.6. The first-order valence-electron chi connectivity index (χ1n) is 9.60. The Morgan fingerprint density at radius 3 is 1.93 bits per heavy atom. The second-order valence-electron chi connectivity index (χ2n) is 6.77. The molecule has 0 unspecified atom stereocenters. The Bertz CT molecular complexity index is 1000. The Morgan fingerprint density at radius 1 is 0.759 bits per heavy atom. The SMILES string of the molecule is O=C(C[NH2+][C@H](c1ccccc1)c1cccs1)N[C@H](c1ccccc1)c1cccs1. The fraction of sp³-hybridized carbons (Fsp3) is 0.125. The van der Waals surface area contributed by atoms with E-state index in [4.69, 9.17) is 0 Å². The van der Waals surface area contributed by atoms with Gasteiger partial charge in [-0.15, -0.1) is 22.7 Å². The van der Waals surface area contributed by atoms with Crippen molar-refractivity contribution in [2.24, 2.45) is 0 Å². The number of benzene rings is 2. The average molecular weight is 420 g/mol. The molecule has 0 aliphatic heterocycles. The number of thiophene rings is 2. The zero-order valence-corrected chi connectivity index (χ0v) is 17.5. The van der Waals surface area contributed by atoms with Crippen LogP contribution in [0, 0.1) is 0 Å². The van der Waals surface area contributed by atoms with Crippen LogP contribution in [0.2, 0.25) is 0 Å². The maximum Gasteiger partial charge on any atom is 0.275 e. The van der Waals surface area contributed by atoms with Gasteiger partial charge in [0.15, 0.2) is 6.54 Å². The van der Waals surface area contributed by atoms with Crippen molar-refractivity contribution in [2.75, 3.05) is 6.54 Å². The quantitative estimate of drug-likeness (QED) is 0.438. The third-order valence-corrected chi connectivity index (χ3v) is 6.71. The molecule has 4 rings (SSSR count). The van der Waals surface area contributed by atoms with Gasteiger partial charge in [-0.05, 0) is 28.5 Å². The number of amides is 1. The number of nitrogens with one attached hydrogen (secondary N) is 1. The second kappa shape index (κ2) is 9.65. The summed E-state index contributed by atoms with van der Waals surface area (Å²) in [7, 11) is 0. The predicted octanol–water partition coefficient (Wildman–Crippen LogP) is 4.37. The van der Waals surface area contributed by atoms with E-state index >= 15 is 0 Å². The topological polar surface area (TPSA) is 45.7 Å². The molecule has 4 aromatic rings. The Labute approximate surface area is 179 Å². The van der Waals surface area contributed by atoms with Crippen LogP contribution in [-0.2, 0) is 4.79 Å². The van der Waals surface area contributed by atoms with Gasteiger partial charge in [-0.2, -0.15) is 0 Å². The van der Waals surface area contributed by atoms with Crippen molar-refractivity contribution >= 4 is 28.6 Å². The molecular weight excluding hydrogens is 396 g/mol. The van der Waals surface area contributed by atoms with E-state index < -0.39 is 0 Å². The van der Waals surface area contributed by atoms with Gasteiger partial charge in [0.05, 0.1) is 10.9 Å². The Balaban J connectivity index is 1.47. The van der Waals surface area contributed by atoms with Gasteiger partial charge in [-0.3, -0.25) is 4.79 Å². The van der Waals surface area contributed by atoms with E-state index in [1.54, 1.807) is 22.7 Å². The van der Waals surface area contributed by atoms with E-state index in [1.807, 2.05) is 47.8 Å². The predicted molar refractivity (Wildman–Crippen MR) is 120 cm³/mol. The Hall–Kier alpha value is -2.73. The second-order valence-corrected chi connectivity index (χ2v) is 8.73. The minimum atomic E-state index is -0.117.